The van der Waals surface area contributed by atoms with Crippen molar-refractivity contribution in [3.05, 3.63) is 29.6 Å². The number of imidazole rings is 1. The molecule has 2 rings (SSSR count). The molecular weight excluding hydrogens is 204 g/mol. The van der Waals surface area contributed by atoms with Crippen molar-refractivity contribution in [3.63, 3.8) is 0 Å². The number of carboxylic acids is 1. The summed E-state index contributed by atoms with van der Waals surface area (Å²) in [6, 6.07) is 3.33. The Morgan fingerprint density at radius 3 is 2.88 bits per heavy atom. The largest absolute Gasteiger partial charge is 0.478 e. The SMILES string of the molecule is CC(C)Cc1cc(C(=O)O)cc2[nH]cnc12. The minimum atomic E-state index is -0.901. The van der Waals surface area contributed by atoms with Crippen LogP contribution in [0.4, 0.5) is 0 Å². The topological polar surface area (TPSA) is 66.0 Å². The number of H-pyrrole nitrogens is 1. The molecular formula is C12H14N2O2. The zero-order valence-corrected chi connectivity index (χ0v) is 9.32. The van der Waals surface area contributed by atoms with Crippen LogP contribution in [0.25, 0.3) is 11.0 Å². The molecule has 4 nitrogen and oxygen atoms in total. The lowest BCUT2D eigenvalue weighted by Gasteiger charge is -2.07. The molecule has 0 atom stereocenters. The van der Waals surface area contributed by atoms with Crippen LogP contribution in [0.3, 0.4) is 0 Å². The van der Waals surface area contributed by atoms with Crippen LogP contribution in [0.1, 0.15) is 29.8 Å². The van der Waals surface area contributed by atoms with Crippen LogP contribution < -0.4 is 0 Å². The van der Waals surface area contributed by atoms with Gasteiger partial charge in [0.25, 0.3) is 0 Å². The Morgan fingerprint density at radius 1 is 1.50 bits per heavy atom. The van der Waals surface area contributed by atoms with Crippen molar-refractivity contribution < 1.29 is 9.90 Å². The number of fused-ring (bicyclic) bond motifs is 1. The summed E-state index contributed by atoms with van der Waals surface area (Å²) in [5.74, 6) is -0.426. The van der Waals surface area contributed by atoms with Crippen molar-refractivity contribution in [2.45, 2.75) is 20.3 Å². The molecule has 16 heavy (non-hydrogen) atoms. The van der Waals surface area contributed by atoms with Crippen LogP contribution in [-0.4, -0.2) is 21.0 Å². The zero-order chi connectivity index (χ0) is 11.7. The van der Waals surface area contributed by atoms with E-state index in [0.717, 1.165) is 23.0 Å². The van der Waals surface area contributed by atoms with Crippen LogP contribution >= 0.6 is 0 Å². The molecule has 1 heterocycles. The van der Waals surface area contributed by atoms with E-state index < -0.39 is 5.97 Å². The van der Waals surface area contributed by atoms with Crippen LogP contribution in [0.15, 0.2) is 18.5 Å². The van der Waals surface area contributed by atoms with E-state index in [-0.39, 0.29) is 0 Å². The second kappa shape index (κ2) is 3.96. The van der Waals surface area contributed by atoms with Crippen molar-refractivity contribution in [1.29, 1.82) is 0 Å². The maximum Gasteiger partial charge on any atom is 0.335 e. The monoisotopic (exact) mass is 218 g/mol. The minimum absolute atomic E-state index is 0.312. The van der Waals surface area contributed by atoms with E-state index in [2.05, 4.69) is 23.8 Å². The first-order valence-electron chi connectivity index (χ1n) is 5.27. The van der Waals surface area contributed by atoms with Gasteiger partial charge in [0.15, 0.2) is 0 Å². The second-order valence-electron chi connectivity index (χ2n) is 4.34. The Bertz CT molecular complexity index is 529. The molecule has 2 N–H and O–H groups in total. The normalized spacial score (nSPS) is 11.2. The molecule has 2 aromatic rings. The third-order valence-electron chi connectivity index (χ3n) is 2.48. The summed E-state index contributed by atoms with van der Waals surface area (Å²) < 4.78 is 0. The summed E-state index contributed by atoms with van der Waals surface area (Å²) in [5, 5.41) is 9.01. The zero-order valence-electron chi connectivity index (χ0n) is 9.32. The van der Waals surface area contributed by atoms with Gasteiger partial charge in [0.1, 0.15) is 0 Å². The molecule has 1 aromatic carbocycles. The van der Waals surface area contributed by atoms with Crippen molar-refractivity contribution in [2.75, 3.05) is 0 Å². The number of nitrogens with zero attached hydrogens (tertiary/aromatic N) is 1. The van der Waals surface area contributed by atoms with E-state index in [9.17, 15) is 4.79 Å². The second-order valence-corrected chi connectivity index (χ2v) is 4.34. The van der Waals surface area contributed by atoms with E-state index in [1.165, 1.54) is 0 Å². The average Bonchev–Trinajstić information content (AvgIpc) is 2.64. The van der Waals surface area contributed by atoms with Gasteiger partial charge < -0.3 is 10.1 Å². The summed E-state index contributed by atoms with van der Waals surface area (Å²) in [6.45, 7) is 4.21. The van der Waals surface area contributed by atoms with E-state index in [1.54, 1.807) is 18.5 Å². The number of aromatic amines is 1. The fraction of sp³-hybridized carbons (Fsp3) is 0.333. The van der Waals surface area contributed by atoms with Crippen molar-refractivity contribution in [1.82, 2.24) is 9.97 Å². The summed E-state index contributed by atoms with van der Waals surface area (Å²) in [4.78, 5) is 18.1. The Hall–Kier alpha value is -1.84. The summed E-state index contributed by atoms with van der Waals surface area (Å²) in [7, 11) is 0. The maximum atomic E-state index is 11.0. The molecule has 0 unspecified atom stereocenters. The highest BCUT2D eigenvalue weighted by molar-refractivity contribution is 5.93. The first-order chi connectivity index (χ1) is 7.58. The highest BCUT2D eigenvalue weighted by Gasteiger charge is 2.11. The average molecular weight is 218 g/mol. The lowest BCUT2D eigenvalue weighted by atomic mass is 9.99. The fourth-order valence-corrected chi connectivity index (χ4v) is 1.84. The molecule has 0 aliphatic heterocycles. The molecule has 0 radical (unpaired) electrons. The Kier molecular flexibility index (Phi) is 2.64. The number of benzene rings is 1. The number of rotatable bonds is 3. The van der Waals surface area contributed by atoms with E-state index >= 15 is 0 Å². The van der Waals surface area contributed by atoms with Crippen molar-refractivity contribution in [3.8, 4) is 0 Å². The highest BCUT2D eigenvalue weighted by Crippen LogP contribution is 2.20. The standard InChI is InChI=1S/C12H14N2O2/c1-7(2)3-8-4-9(12(15)16)5-10-11(8)14-6-13-10/h4-7H,3H2,1-2H3,(H,13,14)(H,15,16). The van der Waals surface area contributed by atoms with Gasteiger partial charge in [-0.25, -0.2) is 9.78 Å². The van der Waals surface area contributed by atoms with Gasteiger partial charge in [0.05, 0.1) is 22.9 Å². The molecule has 0 saturated heterocycles. The first kappa shape index (κ1) is 10.7. The van der Waals surface area contributed by atoms with Crippen molar-refractivity contribution in [2.24, 2.45) is 5.92 Å². The van der Waals surface area contributed by atoms with E-state index in [0.29, 0.717) is 11.5 Å². The van der Waals surface area contributed by atoms with Gasteiger partial charge in [-0.05, 0) is 30.0 Å². The number of nitrogens with one attached hydrogen (secondary N) is 1. The predicted molar refractivity (Wildman–Crippen MR) is 61.6 cm³/mol. The molecule has 0 amide bonds. The molecule has 0 bridgehead atoms. The van der Waals surface area contributed by atoms with E-state index in [1.807, 2.05) is 0 Å². The summed E-state index contributed by atoms with van der Waals surface area (Å²) in [6.07, 6.45) is 2.43. The van der Waals surface area contributed by atoms with Gasteiger partial charge in [-0.3, -0.25) is 0 Å². The number of carboxylic acid groups (broad SMARTS) is 1. The third-order valence-corrected chi connectivity index (χ3v) is 2.48. The third kappa shape index (κ3) is 1.91. The van der Waals surface area contributed by atoms with E-state index in [4.69, 9.17) is 5.11 Å². The number of hydrogen-bond acceptors (Lipinski definition) is 2. The van der Waals surface area contributed by atoms with Crippen molar-refractivity contribution >= 4 is 17.0 Å². The van der Waals surface area contributed by atoms with Crippen LogP contribution in [0, 0.1) is 5.92 Å². The molecule has 1 aromatic heterocycles. The van der Waals surface area contributed by atoms with Crippen LogP contribution in [0.5, 0.6) is 0 Å². The Balaban J connectivity index is 2.59. The quantitative estimate of drug-likeness (QED) is 0.831. The molecule has 0 spiro atoms. The van der Waals surface area contributed by atoms with Gasteiger partial charge in [0, 0.05) is 0 Å². The molecule has 4 heteroatoms. The predicted octanol–water partition coefficient (Wildman–Crippen LogP) is 2.46. The highest BCUT2D eigenvalue weighted by atomic mass is 16.4. The molecule has 84 valence electrons. The van der Waals surface area contributed by atoms with Gasteiger partial charge in [-0.15, -0.1) is 0 Å². The fourth-order valence-electron chi connectivity index (χ4n) is 1.84. The Morgan fingerprint density at radius 2 is 2.25 bits per heavy atom. The summed E-state index contributed by atoms with van der Waals surface area (Å²) in [5.41, 5.74) is 2.97. The smallest absolute Gasteiger partial charge is 0.335 e. The van der Waals surface area contributed by atoms with Gasteiger partial charge in [0.2, 0.25) is 0 Å². The van der Waals surface area contributed by atoms with Gasteiger partial charge in [-0.2, -0.15) is 0 Å². The minimum Gasteiger partial charge on any atom is -0.478 e. The number of aromatic carboxylic acids is 1. The van der Waals surface area contributed by atoms with Crippen LogP contribution in [0.2, 0.25) is 0 Å². The first-order valence-corrected chi connectivity index (χ1v) is 5.27. The van der Waals surface area contributed by atoms with Gasteiger partial charge >= 0.3 is 5.97 Å². The molecule has 0 aliphatic rings. The maximum absolute atomic E-state index is 11.0. The number of aromatic nitrogens is 2. The van der Waals surface area contributed by atoms with Gasteiger partial charge in [-0.1, -0.05) is 13.8 Å². The molecule has 0 saturated carbocycles. The van der Waals surface area contributed by atoms with Crippen LogP contribution in [-0.2, 0) is 6.42 Å². The lowest BCUT2D eigenvalue weighted by Crippen LogP contribution is -2.01. The number of carbonyl (C=O) groups is 1. The summed E-state index contributed by atoms with van der Waals surface area (Å²) >= 11 is 0. The number of hydrogen-bond donors (Lipinski definition) is 2. The molecule has 0 fully saturated rings. The Labute approximate surface area is 93.3 Å². The lowest BCUT2D eigenvalue weighted by molar-refractivity contribution is 0.0697. The molecule has 0 aliphatic carbocycles.